The molecule has 0 fully saturated rings. The molecule has 0 bridgehead atoms. The van der Waals surface area contributed by atoms with Crippen LogP contribution in [-0.2, 0) is 7.05 Å². The van der Waals surface area contributed by atoms with Crippen molar-refractivity contribution in [1.29, 1.82) is 0 Å². The first-order valence-corrected chi connectivity index (χ1v) is 12.9. The highest BCUT2D eigenvalue weighted by Crippen LogP contribution is 2.36. The van der Waals surface area contributed by atoms with Crippen LogP contribution in [0.2, 0.25) is 0 Å². The van der Waals surface area contributed by atoms with Crippen LogP contribution in [0.3, 0.4) is 0 Å². The molecule has 192 valence electrons. The van der Waals surface area contributed by atoms with Crippen molar-refractivity contribution >= 4 is 34.0 Å². The number of benzene rings is 2. The number of pyridine rings is 2. The molecule has 4 aromatic rings. The van der Waals surface area contributed by atoms with E-state index in [9.17, 15) is 9.59 Å². The average Bonchev–Trinajstić information content (AvgIpc) is 2.86. The third-order valence-corrected chi connectivity index (χ3v) is 7.03. The zero-order valence-corrected chi connectivity index (χ0v) is 22.4. The number of aryl methyl sites for hydroxylation is 1. The Bertz CT molecular complexity index is 1650. The number of aromatic nitrogens is 2. The van der Waals surface area contributed by atoms with E-state index in [1.165, 1.54) is 4.57 Å². The van der Waals surface area contributed by atoms with Gasteiger partial charge >= 0.3 is 6.03 Å². The summed E-state index contributed by atoms with van der Waals surface area (Å²) in [6, 6.07) is 17.4. The number of carbonyl (C=O) groups is 1. The number of nitrogens with zero attached hydrogens (tertiary/aromatic N) is 2. The van der Waals surface area contributed by atoms with E-state index in [2.05, 4.69) is 43.3 Å². The molecular formula is C32H32N4O2. The lowest BCUT2D eigenvalue weighted by Gasteiger charge is -2.21. The van der Waals surface area contributed by atoms with E-state index < -0.39 is 6.03 Å². The van der Waals surface area contributed by atoms with Crippen molar-refractivity contribution in [2.45, 2.75) is 39.5 Å². The zero-order valence-electron chi connectivity index (χ0n) is 22.4. The van der Waals surface area contributed by atoms with Gasteiger partial charge in [0.15, 0.2) is 0 Å². The van der Waals surface area contributed by atoms with Crippen LogP contribution in [0.4, 0.5) is 16.2 Å². The van der Waals surface area contributed by atoms with Gasteiger partial charge in [-0.15, -0.1) is 0 Å². The molecule has 2 heterocycles. The molecule has 0 unspecified atom stereocenters. The maximum atomic E-state index is 13.7. The fourth-order valence-corrected chi connectivity index (χ4v) is 4.97. The van der Waals surface area contributed by atoms with Gasteiger partial charge in [0.2, 0.25) is 0 Å². The molecule has 0 spiro atoms. The van der Waals surface area contributed by atoms with E-state index >= 15 is 0 Å². The maximum absolute atomic E-state index is 13.7. The number of anilines is 2. The van der Waals surface area contributed by atoms with Gasteiger partial charge in [0, 0.05) is 29.9 Å². The predicted molar refractivity (Wildman–Crippen MR) is 157 cm³/mol. The Labute approximate surface area is 222 Å². The number of hydrogen-bond donors (Lipinski definition) is 2. The van der Waals surface area contributed by atoms with Gasteiger partial charge in [-0.25, -0.2) is 9.78 Å². The summed E-state index contributed by atoms with van der Waals surface area (Å²) in [7, 11) is 1.68. The summed E-state index contributed by atoms with van der Waals surface area (Å²) in [5.41, 5.74) is 7.00. The minimum Gasteiger partial charge on any atom is -0.307 e. The smallest absolute Gasteiger partial charge is 0.307 e. The molecule has 0 saturated heterocycles. The maximum Gasteiger partial charge on any atom is 0.323 e. The largest absolute Gasteiger partial charge is 0.323 e. The molecule has 2 aromatic heterocycles. The van der Waals surface area contributed by atoms with Gasteiger partial charge in [-0.1, -0.05) is 82.3 Å². The molecule has 2 aromatic carbocycles. The second-order valence-corrected chi connectivity index (χ2v) is 10.3. The third-order valence-electron chi connectivity index (χ3n) is 7.03. The number of para-hydroxylation sites is 1. The lowest BCUT2D eigenvalue weighted by Crippen LogP contribution is -2.29. The summed E-state index contributed by atoms with van der Waals surface area (Å²) in [6.07, 6.45) is 7.77. The Morgan fingerprint density at radius 2 is 1.50 bits per heavy atom. The highest BCUT2D eigenvalue weighted by Gasteiger charge is 2.22. The molecule has 2 amide bonds. The first-order chi connectivity index (χ1) is 18.3. The standard InChI is InChI=1S/C32H32N4O2/c1-19(2)24-14-8-15-25(20(3)4)28(24)34-32(38)35-29-27(23-13-7-12-22(18-23)21-10-6-11-21)26-16-9-17-33-30(26)36(5)31(29)37/h6-20H,1-5H3,(H2,34,35,38). The molecule has 1 aliphatic carbocycles. The fraction of sp³-hybridized carbons (Fsp3) is 0.219. The van der Waals surface area contributed by atoms with E-state index in [0.717, 1.165) is 38.9 Å². The molecule has 0 atom stereocenters. The van der Waals surface area contributed by atoms with E-state index in [1.54, 1.807) is 13.2 Å². The second kappa shape index (κ2) is 10.1. The molecule has 38 heavy (non-hydrogen) atoms. The average molecular weight is 505 g/mol. The van der Waals surface area contributed by atoms with Crippen LogP contribution in [-0.4, -0.2) is 15.6 Å². The van der Waals surface area contributed by atoms with Gasteiger partial charge in [0.25, 0.3) is 5.56 Å². The zero-order chi connectivity index (χ0) is 27.0. The number of hydrogen-bond acceptors (Lipinski definition) is 3. The van der Waals surface area contributed by atoms with E-state index in [-0.39, 0.29) is 23.1 Å². The van der Waals surface area contributed by atoms with Crippen molar-refractivity contribution in [3.05, 3.63) is 106 Å². The van der Waals surface area contributed by atoms with Crippen LogP contribution < -0.4 is 16.2 Å². The Morgan fingerprint density at radius 3 is 2.13 bits per heavy atom. The summed E-state index contributed by atoms with van der Waals surface area (Å²) in [5, 5.41) is 6.79. The van der Waals surface area contributed by atoms with Crippen molar-refractivity contribution in [2.24, 2.45) is 7.05 Å². The fourth-order valence-electron chi connectivity index (χ4n) is 4.97. The highest BCUT2D eigenvalue weighted by molar-refractivity contribution is 6.08. The first-order valence-electron chi connectivity index (χ1n) is 12.9. The minimum absolute atomic E-state index is 0.217. The molecule has 0 aliphatic heterocycles. The Hall–Kier alpha value is -4.45. The van der Waals surface area contributed by atoms with E-state index in [1.807, 2.05) is 72.8 Å². The Kier molecular flexibility index (Phi) is 6.72. The van der Waals surface area contributed by atoms with Crippen molar-refractivity contribution < 1.29 is 4.79 Å². The predicted octanol–water partition coefficient (Wildman–Crippen LogP) is 7.44. The molecule has 1 aliphatic rings. The second-order valence-electron chi connectivity index (χ2n) is 10.3. The number of rotatable bonds is 6. The molecule has 0 saturated carbocycles. The van der Waals surface area contributed by atoms with Crippen LogP contribution in [0.15, 0.2) is 83.8 Å². The lowest BCUT2D eigenvalue weighted by molar-refractivity contribution is 0.262. The quantitative estimate of drug-likeness (QED) is 0.286. The number of amides is 2. The number of fused-ring (bicyclic) bond motifs is 1. The molecule has 6 nitrogen and oxygen atoms in total. The minimum atomic E-state index is -0.456. The molecule has 2 N–H and O–H groups in total. The van der Waals surface area contributed by atoms with Gasteiger partial charge in [0.05, 0.1) is 0 Å². The van der Waals surface area contributed by atoms with Gasteiger partial charge < -0.3 is 10.6 Å². The van der Waals surface area contributed by atoms with Crippen molar-refractivity contribution in [2.75, 3.05) is 10.6 Å². The third kappa shape index (κ3) is 4.54. The summed E-state index contributed by atoms with van der Waals surface area (Å²) in [6.45, 7) is 8.41. The summed E-state index contributed by atoms with van der Waals surface area (Å²) in [5.74, 6) is 0.438. The van der Waals surface area contributed by atoms with Crippen LogP contribution >= 0.6 is 0 Å². The van der Waals surface area contributed by atoms with Crippen molar-refractivity contribution in [3.8, 4) is 11.1 Å². The number of urea groups is 1. The van der Waals surface area contributed by atoms with E-state index in [4.69, 9.17) is 0 Å². The van der Waals surface area contributed by atoms with E-state index in [0.29, 0.717) is 11.2 Å². The Balaban J connectivity index is 1.63. The normalized spacial score (nSPS) is 12.6. The Morgan fingerprint density at radius 1 is 0.868 bits per heavy atom. The van der Waals surface area contributed by atoms with Gasteiger partial charge in [0.1, 0.15) is 11.3 Å². The van der Waals surface area contributed by atoms with Crippen LogP contribution in [0.1, 0.15) is 56.2 Å². The van der Waals surface area contributed by atoms with Crippen molar-refractivity contribution in [1.82, 2.24) is 9.55 Å². The van der Waals surface area contributed by atoms with Gasteiger partial charge in [-0.2, -0.15) is 0 Å². The van der Waals surface area contributed by atoms with Crippen molar-refractivity contribution in [3.63, 3.8) is 0 Å². The SMILES string of the molecule is CC(C)c1cccc(C(C)C)c1NC(=O)Nc1c(-c2cccc(C3=CC=C3)c2)c2cccnc2n(C)c1=O. The highest BCUT2D eigenvalue weighted by atomic mass is 16.2. The van der Waals surface area contributed by atoms with Crippen LogP contribution in [0.25, 0.3) is 27.7 Å². The number of allylic oxidation sites excluding steroid dienone is 4. The molecule has 0 radical (unpaired) electrons. The number of carbonyl (C=O) groups excluding carboxylic acids is 1. The summed E-state index contributed by atoms with van der Waals surface area (Å²) >= 11 is 0. The van der Waals surface area contributed by atoms with Crippen LogP contribution in [0.5, 0.6) is 0 Å². The molecular weight excluding hydrogens is 472 g/mol. The lowest BCUT2D eigenvalue weighted by atomic mass is 9.92. The molecule has 5 rings (SSSR count). The van der Waals surface area contributed by atoms with Crippen LogP contribution in [0, 0.1) is 0 Å². The first kappa shape index (κ1) is 25.2. The number of nitrogens with one attached hydrogen (secondary N) is 2. The summed E-state index contributed by atoms with van der Waals surface area (Å²) in [4.78, 5) is 31.7. The topological polar surface area (TPSA) is 76.0 Å². The monoisotopic (exact) mass is 504 g/mol. The molecule has 6 heteroatoms. The van der Waals surface area contributed by atoms with Gasteiger partial charge in [-0.05, 0) is 57.9 Å². The van der Waals surface area contributed by atoms with Gasteiger partial charge in [-0.3, -0.25) is 9.36 Å². The summed E-state index contributed by atoms with van der Waals surface area (Å²) < 4.78 is 1.48.